The monoisotopic (exact) mass is 405 g/mol. The Kier molecular flexibility index (Phi) is 7.99. The number of ether oxygens (including phenoxy) is 2. The summed E-state index contributed by atoms with van der Waals surface area (Å²) in [6, 6.07) is 5.26. The summed E-state index contributed by atoms with van der Waals surface area (Å²) in [7, 11) is 0. The molecule has 0 atom stereocenters. The number of amides is 3. The molecule has 1 aromatic carbocycles. The molecular weight excluding hydrogens is 378 g/mol. The Morgan fingerprint density at radius 1 is 0.966 bits per heavy atom. The summed E-state index contributed by atoms with van der Waals surface area (Å²) in [6.45, 7) is 6.57. The van der Waals surface area contributed by atoms with E-state index in [1.54, 1.807) is 19.1 Å². The number of hydrogen-bond donors (Lipinski definition) is 1. The van der Waals surface area contributed by atoms with Crippen LogP contribution in [0.15, 0.2) is 18.2 Å². The number of piperazine rings is 1. The lowest BCUT2D eigenvalue weighted by atomic mass is 10.1. The van der Waals surface area contributed by atoms with Crippen LogP contribution in [0, 0.1) is 13.8 Å². The van der Waals surface area contributed by atoms with E-state index >= 15 is 0 Å². The summed E-state index contributed by atoms with van der Waals surface area (Å²) in [5.41, 5.74) is 2.51. The van der Waals surface area contributed by atoms with Crippen LogP contribution in [-0.2, 0) is 19.1 Å². The maximum Gasteiger partial charge on any atom is 0.409 e. The van der Waals surface area contributed by atoms with Crippen molar-refractivity contribution in [2.24, 2.45) is 0 Å². The second-order valence-corrected chi connectivity index (χ2v) is 6.71. The van der Waals surface area contributed by atoms with Gasteiger partial charge in [0.1, 0.15) is 6.54 Å². The summed E-state index contributed by atoms with van der Waals surface area (Å²) in [6.07, 6.45) is -0.398. The highest BCUT2D eigenvalue weighted by molar-refractivity contribution is 5.96. The molecule has 1 aliphatic heterocycles. The zero-order valence-electron chi connectivity index (χ0n) is 17.0. The van der Waals surface area contributed by atoms with E-state index in [1.807, 2.05) is 19.9 Å². The minimum atomic E-state index is -0.694. The van der Waals surface area contributed by atoms with E-state index in [0.717, 1.165) is 11.1 Å². The van der Waals surface area contributed by atoms with E-state index in [-0.39, 0.29) is 18.4 Å². The van der Waals surface area contributed by atoms with Gasteiger partial charge in [0, 0.05) is 31.7 Å². The Balaban J connectivity index is 1.69. The van der Waals surface area contributed by atoms with Crippen LogP contribution in [0.4, 0.5) is 4.79 Å². The van der Waals surface area contributed by atoms with Crippen molar-refractivity contribution in [1.82, 2.24) is 15.1 Å². The molecule has 0 unspecified atom stereocenters. The van der Waals surface area contributed by atoms with Gasteiger partial charge in [-0.25, -0.2) is 4.79 Å². The molecule has 3 amide bonds. The molecule has 1 heterocycles. The number of nitrogens with zero attached hydrogens (tertiary/aromatic N) is 2. The maximum atomic E-state index is 12.2. The van der Waals surface area contributed by atoms with Crippen molar-refractivity contribution in [3.63, 3.8) is 0 Å². The highest BCUT2D eigenvalue weighted by atomic mass is 16.6. The molecule has 158 valence electrons. The quantitative estimate of drug-likeness (QED) is 0.705. The van der Waals surface area contributed by atoms with E-state index < -0.39 is 18.7 Å². The Hall–Kier alpha value is -3.10. The van der Waals surface area contributed by atoms with E-state index in [9.17, 15) is 19.2 Å². The zero-order chi connectivity index (χ0) is 21.4. The average molecular weight is 405 g/mol. The van der Waals surface area contributed by atoms with Crippen molar-refractivity contribution in [1.29, 1.82) is 0 Å². The largest absolute Gasteiger partial charge is 0.454 e. The Bertz CT molecular complexity index is 771. The molecule has 0 radical (unpaired) electrons. The molecule has 29 heavy (non-hydrogen) atoms. The molecule has 9 heteroatoms. The molecule has 0 saturated carbocycles. The van der Waals surface area contributed by atoms with Crippen LogP contribution in [-0.4, -0.2) is 79.6 Å². The van der Waals surface area contributed by atoms with Gasteiger partial charge in [0.2, 0.25) is 0 Å². The molecule has 9 nitrogen and oxygen atoms in total. The van der Waals surface area contributed by atoms with Gasteiger partial charge in [-0.05, 0) is 44.0 Å². The highest BCUT2D eigenvalue weighted by Gasteiger charge is 2.25. The summed E-state index contributed by atoms with van der Waals surface area (Å²) in [5.74, 6) is -1.42. The molecule has 1 N–H and O–H groups in total. The first-order valence-corrected chi connectivity index (χ1v) is 9.52. The number of benzene rings is 1. The smallest absolute Gasteiger partial charge is 0.409 e. The number of carbonyl (C=O) groups is 4. The van der Waals surface area contributed by atoms with Crippen LogP contribution < -0.4 is 5.32 Å². The molecule has 1 fully saturated rings. The first-order chi connectivity index (χ1) is 13.8. The fraction of sp³-hybridized carbons (Fsp3) is 0.500. The van der Waals surface area contributed by atoms with Crippen molar-refractivity contribution in [2.75, 3.05) is 45.9 Å². The molecule has 1 aliphatic rings. The Morgan fingerprint density at radius 2 is 1.62 bits per heavy atom. The van der Waals surface area contributed by atoms with Crippen molar-refractivity contribution < 1.29 is 28.7 Å². The van der Waals surface area contributed by atoms with E-state index in [1.165, 1.54) is 9.80 Å². The van der Waals surface area contributed by atoms with Crippen LogP contribution in [0.1, 0.15) is 28.4 Å². The third-order valence-corrected chi connectivity index (χ3v) is 4.68. The lowest BCUT2D eigenvalue weighted by molar-refractivity contribution is -0.151. The molecule has 1 aromatic rings. The summed E-state index contributed by atoms with van der Waals surface area (Å²) in [4.78, 5) is 50.8. The second kappa shape index (κ2) is 10.4. The van der Waals surface area contributed by atoms with Gasteiger partial charge < -0.3 is 24.6 Å². The van der Waals surface area contributed by atoms with Crippen molar-refractivity contribution in [3.8, 4) is 0 Å². The van der Waals surface area contributed by atoms with Gasteiger partial charge in [-0.15, -0.1) is 0 Å². The van der Waals surface area contributed by atoms with E-state index in [0.29, 0.717) is 38.3 Å². The van der Waals surface area contributed by atoms with Gasteiger partial charge in [0.05, 0.1) is 6.61 Å². The lowest BCUT2D eigenvalue weighted by Crippen LogP contribution is -2.51. The van der Waals surface area contributed by atoms with Gasteiger partial charge in [0.15, 0.2) is 6.61 Å². The minimum absolute atomic E-state index is 0.300. The third kappa shape index (κ3) is 6.48. The maximum absolute atomic E-state index is 12.2. The first-order valence-electron chi connectivity index (χ1n) is 9.52. The molecule has 0 aliphatic carbocycles. The number of nitrogens with one attached hydrogen (secondary N) is 1. The molecule has 1 saturated heterocycles. The van der Waals surface area contributed by atoms with Gasteiger partial charge in [0.25, 0.3) is 11.8 Å². The lowest BCUT2D eigenvalue weighted by Gasteiger charge is -2.33. The predicted molar refractivity (Wildman–Crippen MR) is 104 cm³/mol. The number of rotatable bonds is 6. The van der Waals surface area contributed by atoms with Gasteiger partial charge in [-0.1, -0.05) is 6.07 Å². The Morgan fingerprint density at radius 3 is 2.24 bits per heavy atom. The molecule has 0 spiro atoms. The van der Waals surface area contributed by atoms with Gasteiger partial charge >= 0.3 is 12.1 Å². The average Bonchev–Trinajstić information content (AvgIpc) is 2.72. The van der Waals surface area contributed by atoms with Crippen LogP contribution in [0.2, 0.25) is 0 Å². The van der Waals surface area contributed by atoms with Crippen LogP contribution >= 0.6 is 0 Å². The van der Waals surface area contributed by atoms with Crippen LogP contribution in [0.5, 0.6) is 0 Å². The Labute approximate surface area is 169 Å². The molecule has 0 bridgehead atoms. The molecular formula is C20H27N3O6. The SMILES string of the molecule is CCOC(=O)N1CCN(C(=O)COC(=O)CNC(=O)c2ccc(C)c(C)c2)CC1. The van der Waals surface area contributed by atoms with Gasteiger partial charge in [-0.2, -0.15) is 0 Å². The van der Waals surface area contributed by atoms with Crippen LogP contribution in [0.25, 0.3) is 0 Å². The fourth-order valence-electron chi connectivity index (χ4n) is 2.77. The van der Waals surface area contributed by atoms with Crippen molar-refractivity contribution in [3.05, 3.63) is 34.9 Å². The number of esters is 1. The third-order valence-electron chi connectivity index (χ3n) is 4.68. The summed E-state index contributed by atoms with van der Waals surface area (Å²) >= 11 is 0. The zero-order valence-corrected chi connectivity index (χ0v) is 17.0. The fourth-order valence-corrected chi connectivity index (χ4v) is 2.77. The molecule has 2 rings (SSSR count). The van der Waals surface area contributed by atoms with Gasteiger partial charge in [-0.3, -0.25) is 14.4 Å². The minimum Gasteiger partial charge on any atom is -0.454 e. The van der Waals surface area contributed by atoms with Crippen molar-refractivity contribution in [2.45, 2.75) is 20.8 Å². The van der Waals surface area contributed by atoms with Crippen molar-refractivity contribution >= 4 is 23.9 Å². The highest BCUT2D eigenvalue weighted by Crippen LogP contribution is 2.09. The predicted octanol–water partition coefficient (Wildman–Crippen LogP) is 0.877. The molecule has 0 aromatic heterocycles. The van der Waals surface area contributed by atoms with E-state index in [4.69, 9.17) is 9.47 Å². The number of aryl methyl sites for hydroxylation is 2. The van der Waals surface area contributed by atoms with E-state index in [2.05, 4.69) is 5.32 Å². The van der Waals surface area contributed by atoms with Crippen LogP contribution in [0.3, 0.4) is 0 Å². The topological polar surface area (TPSA) is 105 Å². The summed E-state index contributed by atoms with van der Waals surface area (Å²) in [5, 5.41) is 2.48. The number of carbonyl (C=O) groups excluding carboxylic acids is 4. The second-order valence-electron chi connectivity index (χ2n) is 6.71. The first kappa shape index (κ1) is 22.2. The number of hydrogen-bond acceptors (Lipinski definition) is 6. The normalized spacial score (nSPS) is 13.6. The summed E-state index contributed by atoms with van der Waals surface area (Å²) < 4.78 is 9.88. The standard InChI is InChI=1S/C20H27N3O6/c1-4-28-20(27)23-9-7-22(8-10-23)17(24)13-29-18(25)12-21-19(26)16-6-5-14(2)15(3)11-16/h5-6,11H,4,7-10,12-13H2,1-3H3,(H,21,26).